The molecular weight excluding hydrogens is 296 g/mol. The maximum absolute atomic E-state index is 13.7. The Kier molecular flexibility index (Phi) is 4.07. The first kappa shape index (κ1) is 13.8. The lowest BCUT2D eigenvalue weighted by molar-refractivity contribution is 0.0515. The number of halogens is 3. The van der Waals surface area contributed by atoms with Crippen LogP contribution in [0.4, 0.5) is 4.39 Å². The molecule has 0 unspecified atom stereocenters. The normalized spacial score (nSPS) is 10.5. The number of benzene rings is 1. The van der Waals surface area contributed by atoms with Crippen LogP contribution in [0.15, 0.2) is 22.7 Å². The molecule has 0 radical (unpaired) electrons. The average molecular weight is 304 g/mol. The fourth-order valence-electron chi connectivity index (χ4n) is 1.45. The number of aromatic nitrogens is 1. The van der Waals surface area contributed by atoms with Gasteiger partial charge < -0.3 is 9.26 Å². The number of ether oxygens (including phenoxy) is 1. The van der Waals surface area contributed by atoms with Crippen LogP contribution in [0.25, 0.3) is 11.3 Å². The average Bonchev–Trinajstić information content (AvgIpc) is 2.72. The highest BCUT2D eigenvalue weighted by Gasteiger charge is 2.24. The first-order valence-electron chi connectivity index (χ1n) is 5.32. The van der Waals surface area contributed by atoms with E-state index >= 15 is 0 Å². The molecule has 2 aromatic rings. The van der Waals surface area contributed by atoms with Crippen molar-refractivity contribution in [2.75, 3.05) is 6.61 Å². The molecule has 7 heteroatoms. The van der Waals surface area contributed by atoms with E-state index in [-0.39, 0.29) is 33.7 Å². The zero-order valence-corrected chi connectivity index (χ0v) is 11.3. The van der Waals surface area contributed by atoms with Crippen LogP contribution in [0, 0.1) is 5.82 Å². The summed E-state index contributed by atoms with van der Waals surface area (Å²) >= 11 is 11.6. The van der Waals surface area contributed by atoms with E-state index in [0.717, 1.165) is 6.07 Å². The third-order valence-corrected chi connectivity index (χ3v) is 2.87. The van der Waals surface area contributed by atoms with Gasteiger partial charge in [0, 0.05) is 5.02 Å². The summed E-state index contributed by atoms with van der Waals surface area (Å²) in [7, 11) is 0. The minimum Gasteiger partial charge on any atom is -0.461 e. The molecule has 0 saturated heterocycles. The Labute approximate surface area is 118 Å². The van der Waals surface area contributed by atoms with Crippen LogP contribution in [0.2, 0.25) is 10.0 Å². The highest BCUT2D eigenvalue weighted by atomic mass is 35.5. The van der Waals surface area contributed by atoms with Crippen molar-refractivity contribution < 1.29 is 18.4 Å². The summed E-state index contributed by atoms with van der Waals surface area (Å²) in [5, 5.41) is 3.63. The van der Waals surface area contributed by atoms with Gasteiger partial charge in [-0.15, -0.1) is 0 Å². The molecule has 1 heterocycles. The molecule has 0 aliphatic rings. The number of esters is 1. The molecule has 0 spiro atoms. The summed E-state index contributed by atoms with van der Waals surface area (Å²) < 4.78 is 23.4. The largest absolute Gasteiger partial charge is 0.461 e. The van der Waals surface area contributed by atoms with E-state index < -0.39 is 11.8 Å². The van der Waals surface area contributed by atoms with Crippen LogP contribution in [-0.2, 0) is 4.74 Å². The highest BCUT2D eigenvalue weighted by Crippen LogP contribution is 2.33. The standard InChI is InChI=1S/C12H8Cl2FNO3/c1-2-18-12(17)10-9(14)11(19-16-10)7-4-3-6(13)5-8(7)15/h3-5H,2H2,1H3. The third kappa shape index (κ3) is 2.72. The van der Waals surface area contributed by atoms with Gasteiger partial charge in [0.25, 0.3) is 0 Å². The molecule has 0 saturated carbocycles. The van der Waals surface area contributed by atoms with E-state index in [0.29, 0.717) is 0 Å². The first-order valence-corrected chi connectivity index (χ1v) is 6.08. The van der Waals surface area contributed by atoms with E-state index in [1.165, 1.54) is 12.1 Å². The fraction of sp³-hybridized carbons (Fsp3) is 0.167. The Balaban J connectivity index is 2.44. The lowest BCUT2D eigenvalue weighted by Gasteiger charge is -2.00. The van der Waals surface area contributed by atoms with Gasteiger partial charge in [0.05, 0.1) is 12.2 Å². The number of carbonyl (C=O) groups excluding carboxylic acids is 1. The molecule has 0 amide bonds. The minimum atomic E-state index is -0.725. The smallest absolute Gasteiger partial charge is 0.362 e. The molecule has 0 bridgehead atoms. The van der Waals surface area contributed by atoms with Gasteiger partial charge in [-0.05, 0) is 25.1 Å². The maximum atomic E-state index is 13.7. The Morgan fingerprint density at radius 1 is 1.47 bits per heavy atom. The van der Waals surface area contributed by atoms with E-state index in [4.69, 9.17) is 32.5 Å². The summed E-state index contributed by atoms with van der Waals surface area (Å²) in [5.74, 6) is -1.39. The number of nitrogens with zero attached hydrogens (tertiary/aromatic N) is 1. The molecule has 0 aliphatic heterocycles. The number of rotatable bonds is 3. The summed E-state index contributed by atoms with van der Waals surface area (Å²) in [5.41, 5.74) is -0.120. The van der Waals surface area contributed by atoms with Gasteiger partial charge in [-0.3, -0.25) is 0 Å². The molecule has 0 N–H and O–H groups in total. The summed E-state index contributed by atoms with van der Waals surface area (Å²) in [6, 6.07) is 3.97. The highest BCUT2D eigenvalue weighted by molar-refractivity contribution is 6.35. The monoisotopic (exact) mass is 303 g/mol. The van der Waals surface area contributed by atoms with Gasteiger partial charge in [0.1, 0.15) is 10.8 Å². The van der Waals surface area contributed by atoms with Gasteiger partial charge in [-0.1, -0.05) is 28.4 Å². The van der Waals surface area contributed by atoms with Crippen molar-refractivity contribution >= 4 is 29.2 Å². The van der Waals surface area contributed by atoms with Crippen LogP contribution in [-0.4, -0.2) is 17.7 Å². The molecule has 0 aliphatic carbocycles. The lowest BCUT2D eigenvalue weighted by atomic mass is 10.1. The van der Waals surface area contributed by atoms with Gasteiger partial charge in [0.15, 0.2) is 5.76 Å². The van der Waals surface area contributed by atoms with Crippen molar-refractivity contribution in [3.05, 3.63) is 39.8 Å². The SMILES string of the molecule is CCOC(=O)c1noc(-c2ccc(Cl)cc2F)c1Cl. The molecule has 1 aromatic heterocycles. The van der Waals surface area contributed by atoms with Crippen molar-refractivity contribution in [2.45, 2.75) is 6.92 Å². The Bertz CT molecular complexity index is 627. The minimum absolute atomic E-state index is 0.0427. The Morgan fingerprint density at radius 3 is 2.84 bits per heavy atom. The first-order chi connectivity index (χ1) is 9.04. The number of hydrogen-bond acceptors (Lipinski definition) is 4. The predicted octanol–water partition coefficient (Wildman–Crippen LogP) is 3.96. The Morgan fingerprint density at radius 2 is 2.21 bits per heavy atom. The zero-order valence-electron chi connectivity index (χ0n) is 9.75. The van der Waals surface area contributed by atoms with E-state index in [1.807, 2.05) is 0 Å². The van der Waals surface area contributed by atoms with Gasteiger partial charge in [-0.2, -0.15) is 0 Å². The third-order valence-electron chi connectivity index (χ3n) is 2.28. The van der Waals surface area contributed by atoms with Crippen molar-refractivity contribution in [1.29, 1.82) is 0 Å². The summed E-state index contributed by atoms with van der Waals surface area (Å²) in [6.07, 6.45) is 0. The van der Waals surface area contributed by atoms with Gasteiger partial charge >= 0.3 is 5.97 Å². The number of hydrogen-bond donors (Lipinski definition) is 0. The topological polar surface area (TPSA) is 52.3 Å². The number of carbonyl (C=O) groups is 1. The maximum Gasteiger partial charge on any atom is 0.362 e. The molecule has 100 valence electrons. The van der Waals surface area contributed by atoms with Crippen molar-refractivity contribution in [3.8, 4) is 11.3 Å². The molecule has 0 atom stereocenters. The predicted molar refractivity (Wildman–Crippen MR) is 67.9 cm³/mol. The molecular formula is C12H8Cl2FNO3. The Hall–Kier alpha value is -1.59. The second kappa shape index (κ2) is 5.59. The lowest BCUT2D eigenvalue weighted by Crippen LogP contribution is -2.05. The van der Waals surface area contributed by atoms with E-state index in [9.17, 15) is 9.18 Å². The van der Waals surface area contributed by atoms with Crippen LogP contribution in [0.1, 0.15) is 17.4 Å². The molecule has 1 aromatic carbocycles. The van der Waals surface area contributed by atoms with E-state index in [1.54, 1.807) is 6.92 Å². The second-order valence-corrected chi connectivity index (χ2v) is 4.33. The van der Waals surface area contributed by atoms with Crippen molar-refractivity contribution in [1.82, 2.24) is 5.16 Å². The van der Waals surface area contributed by atoms with Gasteiger partial charge in [-0.25, -0.2) is 9.18 Å². The van der Waals surface area contributed by atoms with Crippen molar-refractivity contribution in [2.24, 2.45) is 0 Å². The summed E-state index contributed by atoms with van der Waals surface area (Å²) in [4.78, 5) is 11.5. The fourth-order valence-corrected chi connectivity index (χ4v) is 1.85. The molecule has 2 rings (SSSR count). The molecule has 0 fully saturated rings. The van der Waals surface area contributed by atoms with Gasteiger partial charge in [0.2, 0.25) is 5.69 Å². The summed E-state index contributed by atoms with van der Waals surface area (Å²) in [6.45, 7) is 1.82. The van der Waals surface area contributed by atoms with Crippen LogP contribution < -0.4 is 0 Å². The quantitative estimate of drug-likeness (QED) is 0.805. The van der Waals surface area contributed by atoms with Crippen LogP contribution >= 0.6 is 23.2 Å². The second-order valence-electron chi connectivity index (χ2n) is 3.52. The molecule has 4 nitrogen and oxygen atoms in total. The molecule has 19 heavy (non-hydrogen) atoms. The van der Waals surface area contributed by atoms with E-state index in [2.05, 4.69) is 5.16 Å². The van der Waals surface area contributed by atoms with Crippen LogP contribution in [0.5, 0.6) is 0 Å². The zero-order chi connectivity index (χ0) is 14.0. The van der Waals surface area contributed by atoms with Crippen molar-refractivity contribution in [3.63, 3.8) is 0 Å². The van der Waals surface area contributed by atoms with Crippen LogP contribution in [0.3, 0.4) is 0 Å².